The zero-order valence-corrected chi connectivity index (χ0v) is 16.9. The van der Waals surface area contributed by atoms with Gasteiger partial charge in [-0.05, 0) is 55.2 Å². The van der Waals surface area contributed by atoms with Crippen LogP contribution in [-0.4, -0.2) is 10.8 Å². The van der Waals surface area contributed by atoms with Crippen molar-refractivity contribution < 1.29 is 4.79 Å². The van der Waals surface area contributed by atoms with E-state index >= 15 is 0 Å². The molecule has 2 nitrogen and oxygen atoms in total. The van der Waals surface area contributed by atoms with E-state index in [4.69, 9.17) is 4.98 Å². The van der Waals surface area contributed by atoms with Crippen LogP contribution in [0.2, 0.25) is 0 Å². The fraction of sp³-hybridized carbons (Fsp3) is 0.111. The van der Waals surface area contributed by atoms with Gasteiger partial charge in [0.25, 0.3) is 0 Å². The Morgan fingerprint density at radius 1 is 0.862 bits per heavy atom. The zero-order chi connectivity index (χ0) is 20.4. The minimum Gasteiger partial charge on any atom is -0.289 e. The van der Waals surface area contributed by atoms with Gasteiger partial charge in [-0.1, -0.05) is 72.8 Å². The van der Waals surface area contributed by atoms with Crippen molar-refractivity contribution >= 4 is 22.8 Å². The first-order valence-corrected chi connectivity index (χ1v) is 9.79. The fourth-order valence-corrected chi connectivity index (χ4v) is 3.73. The lowest BCUT2D eigenvalue weighted by Crippen LogP contribution is -2.05. The third kappa shape index (κ3) is 3.74. The number of rotatable bonds is 4. The first-order chi connectivity index (χ1) is 14.0. The summed E-state index contributed by atoms with van der Waals surface area (Å²) in [6.45, 7) is 6.02. The Bertz CT molecular complexity index is 1240. The first-order valence-electron chi connectivity index (χ1n) is 9.79. The molecular weight excluding hydrogens is 354 g/mol. The van der Waals surface area contributed by atoms with Crippen LogP contribution in [0.15, 0.2) is 78.9 Å². The van der Waals surface area contributed by atoms with E-state index in [-0.39, 0.29) is 5.78 Å². The number of pyridine rings is 1. The van der Waals surface area contributed by atoms with Crippen molar-refractivity contribution in [3.05, 3.63) is 107 Å². The minimum absolute atomic E-state index is 0.0282. The molecule has 3 aromatic carbocycles. The molecular formula is C27H23NO. The van der Waals surface area contributed by atoms with Crippen molar-refractivity contribution in [3.8, 4) is 11.1 Å². The molecule has 1 heterocycles. The third-order valence-corrected chi connectivity index (χ3v) is 5.23. The van der Waals surface area contributed by atoms with E-state index in [1.807, 2.05) is 62.4 Å². The number of allylic oxidation sites excluding steroid dienone is 1. The molecule has 0 amide bonds. The Labute approximate surface area is 171 Å². The van der Waals surface area contributed by atoms with Gasteiger partial charge in [-0.15, -0.1) is 0 Å². The second kappa shape index (κ2) is 7.84. The number of benzene rings is 3. The number of hydrogen-bond donors (Lipinski definition) is 0. The molecule has 0 aliphatic rings. The predicted molar refractivity (Wildman–Crippen MR) is 121 cm³/mol. The number of carbonyl (C=O) groups is 1. The number of aryl methyl sites for hydroxylation is 3. The number of nitrogens with zero attached hydrogens (tertiary/aromatic N) is 1. The average Bonchev–Trinajstić information content (AvgIpc) is 2.72. The van der Waals surface area contributed by atoms with Crippen molar-refractivity contribution in [2.24, 2.45) is 0 Å². The summed E-state index contributed by atoms with van der Waals surface area (Å²) in [5.74, 6) is -0.0282. The lowest BCUT2D eigenvalue weighted by atomic mass is 9.91. The summed E-state index contributed by atoms with van der Waals surface area (Å²) in [6.07, 6.45) is 3.56. The van der Waals surface area contributed by atoms with E-state index in [1.54, 1.807) is 6.08 Å². The van der Waals surface area contributed by atoms with Gasteiger partial charge in [0.15, 0.2) is 5.78 Å². The van der Waals surface area contributed by atoms with Gasteiger partial charge >= 0.3 is 0 Å². The van der Waals surface area contributed by atoms with Crippen LogP contribution < -0.4 is 0 Å². The monoisotopic (exact) mass is 377 g/mol. The van der Waals surface area contributed by atoms with E-state index in [9.17, 15) is 4.79 Å². The first kappa shape index (κ1) is 18.8. The van der Waals surface area contributed by atoms with Crippen LogP contribution in [0, 0.1) is 20.8 Å². The number of hydrogen-bond acceptors (Lipinski definition) is 2. The van der Waals surface area contributed by atoms with E-state index in [0.717, 1.165) is 44.4 Å². The highest BCUT2D eigenvalue weighted by Gasteiger charge is 2.19. The molecule has 0 radical (unpaired) electrons. The molecule has 2 heteroatoms. The summed E-state index contributed by atoms with van der Waals surface area (Å²) in [5.41, 5.74) is 7.65. The summed E-state index contributed by atoms with van der Waals surface area (Å²) in [4.78, 5) is 18.1. The molecule has 4 aromatic rings. The maximum Gasteiger partial charge on any atom is 0.188 e. The van der Waals surface area contributed by atoms with Gasteiger partial charge in [-0.3, -0.25) is 9.78 Å². The van der Waals surface area contributed by atoms with E-state index in [0.29, 0.717) is 5.56 Å². The van der Waals surface area contributed by atoms with Crippen molar-refractivity contribution in [2.75, 3.05) is 0 Å². The van der Waals surface area contributed by atoms with Gasteiger partial charge in [0, 0.05) is 16.6 Å². The maximum absolute atomic E-state index is 13.3. The highest BCUT2D eigenvalue weighted by molar-refractivity contribution is 6.16. The summed E-state index contributed by atoms with van der Waals surface area (Å²) in [6, 6.07) is 24.4. The van der Waals surface area contributed by atoms with E-state index in [2.05, 4.69) is 37.3 Å². The van der Waals surface area contributed by atoms with Crippen LogP contribution in [0.3, 0.4) is 0 Å². The molecule has 0 aliphatic carbocycles. The van der Waals surface area contributed by atoms with Gasteiger partial charge in [0.05, 0.1) is 11.1 Å². The molecule has 0 spiro atoms. The number of carbonyl (C=O) groups excluding carboxylic acids is 1. The molecule has 4 rings (SSSR count). The third-order valence-electron chi connectivity index (χ3n) is 5.23. The highest BCUT2D eigenvalue weighted by Crippen LogP contribution is 2.34. The van der Waals surface area contributed by atoms with Crippen molar-refractivity contribution in [3.63, 3.8) is 0 Å². The maximum atomic E-state index is 13.3. The Morgan fingerprint density at radius 3 is 2.34 bits per heavy atom. The summed E-state index contributed by atoms with van der Waals surface area (Å²) in [7, 11) is 0. The molecule has 0 saturated carbocycles. The molecule has 0 saturated heterocycles. The number of ketones is 1. The number of fused-ring (bicyclic) bond motifs is 1. The lowest BCUT2D eigenvalue weighted by Gasteiger charge is -2.14. The molecule has 0 atom stereocenters. The highest BCUT2D eigenvalue weighted by atomic mass is 16.1. The molecule has 142 valence electrons. The van der Waals surface area contributed by atoms with Crippen LogP contribution in [0.4, 0.5) is 0 Å². The largest absolute Gasteiger partial charge is 0.289 e. The molecule has 0 fully saturated rings. The summed E-state index contributed by atoms with van der Waals surface area (Å²) >= 11 is 0. The second-order valence-electron chi connectivity index (χ2n) is 7.39. The van der Waals surface area contributed by atoms with Crippen molar-refractivity contribution in [1.82, 2.24) is 4.98 Å². The van der Waals surface area contributed by atoms with Crippen LogP contribution in [-0.2, 0) is 0 Å². The molecule has 29 heavy (non-hydrogen) atoms. The zero-order valence-electron chi connectivity index (χ0n) is 16.9. The average molecular weight is 377 g/mol. The molecule has 0 bridgehead atoms. The Morgan fingerprint density at radius 2 is 1.59 bits per heavy atom. The van der Waals surface area contributed by atoms with Gasteiger partial charge < -0.3 is 0 Å². The van der Waals surface area contributed by atoms with Crippen LogP contribution in [0.1, 0.15) is 32.7 Å². The Kier molecular flexibility index (Phi) is 5.09. The van der Waals surface area contributed by atoms with Gasteiger partial charge in [0.1, 0.15) is 0 Å². The molecule has 1 aromatic heterocycles. The summed E-state index contributed by atoms with van der Waals surface area (Å²) in [5, 5.41) is 1.00. The Balaban J connectivity index is 1.92. The lowest BCUT2D eigenvalue weighted by molar-refractivity contribution is 0.104. The Hall–Kier alpha value is -3.52. The topological polar surface area (TPSA) is 30.0 Å². The predicted octanol–water partition coefficient (Wildman–Crippen LogP) is 6.72. The van der Waals surface area contributed by atoms with Gasteiger partial charge in [-0.2, -0.15) is 0 Å². The summed E-state index contributed by atoms with van der Waals surface area (Å²) < 4.78 is 0. The number of aromatic nitrogens is 1. The molecule has 0 N–H and O–H groups in total. The van der Waals surface area contributed by atoms with Gasteiger partial charge in [-0.25, -0.2) is 0 Å². The van der Waals surface area contributed by atoms with E-state index in [1.165, 1.54) is 0 Å². The quantitative estimate of drug-likeness (QED) is 0.292. The van der Waals surface area contributed by atoms with Crippen LogP contribution in [0.5, 0.6) is 0 Å². The van der Waals surface area contributed by atoms with Gasteiger partial charge in [0.2, 0.25) is 0 Å². The fourth-order valence-electron chi connectivity index (χ4n) is 3.73. The van der Waals surface area contributed by atoms with Crippen molar-refractivity contribution in [1.29, 1.82) is 0 Å². The van der Waals surface area contributed by atoms with E-state index < -0.39 is 0 Å². The normalized spacial score (nSPS) is 11.3. The SMILES string of the molecule is Cc1ccc2c(-c3ccccc3)c(C(=O)C=Cc3ccccc3C)c(C)nc2c1. The molecule has 0 aliphatic heterocycles. The smallest absolute Gasteiger partial charge is 0.188 e. The second-order valence-corrected chi connectivity index (χ2v) is 7.39. The minimum atomic E-state index is -0.0282. The molecule has 0 unspecified atom stereocenters. The van der Waals surface area contributed by atoms with Crippen LogP contribution in [0.25, 0.3) is 28.1 Å². The van der Waals surface area contributed by atoms with Crippen molar-refractivity contribution in [2.45, 2.75) is 20.8 Å². The van der Waals surface area contributed by atoms with Crippen LogP contribution >= 0.6 is 0 Å². The standard InChI is InChI=1S/C27H23NO/c1-18-13-15-23-24(17-18)28-20(3)26(27(23)22-11-5-4-6-12-22)25(29)16-14-21-10-8-7-9-19(21)2/h4-17H,1-3H3.